The summed E-state index contributed by atoms with van der Waals surface area (Å²) in [5.41, 5.74) is 1.11. The van der Waals surface area contributed by atoms with E-state index in [0.29, 0.717) is 6.04 Å². The van der Waals surface area contributed by atoms with E-state index in [-0.39, 0.29) is 5.60 Å². The molecule has 0 radical (unpaired) electrons. The summed E-state index contributed by atoms with van der Waals surface area (Å²) < 4.78 is 17.1. The summed E-state index contributed by atoms with van der Waals surface area (Å²) >= 11 is 0. The molecule has 21 heavy (non-hydrogen) atoms. The first-order valence-electron chi connectivity index (χ1n) is 8.01. The fourth-order valence-corrected chi connectivity index (χ4v) is 3.12. The summed E-state index contributed by atoms with van der Waals surface area (Å²) in [6.45, 7) is 5.28. The minimum atomic E-state index is -0.0416. The SMILES string of the molecule is CCCOc1ccc(NC2CCOC3(CCOC3)C2)cc1. The molecule has 2 fully saturated rings. The molecular weight excluding hydrogens is 266 g/mol. The zero-order chi connectivity index (χ0) is 14.5. The second kappa shape index (κ2) is 6.67. The second-order valence-electron chi connectivity index (χ2n) is 6.04. The summed E-state index contributed by atoms with van der Waals surface area (Å²) in [6, 6.07) is 8.72. The van der Waals surface area contributed by atoms with Crippen LogP contribution in [0.25, 0.3) is 0 Å². The average Bonchev–Trinajstić information content (AvgIpc) is 2.94. The number of benzene rings is 1. The van der Waals surface area contributed by atoms with E-state index in [9.17, 15) is 0 Å². The van der Waals surface area contributed by atoms with Crippen molar-refractivity contribution in [3.05, 3.63) is 24.3 Å². The fraction of sp³-hybridized carbons (Fsp3) is 0.647. The number of hydrogen-bond donors (Lipinski definition) is 1. The Kier molecular flexibility index (Phi) is 4.66. The molecule has 2 unspecified atom stereocenters. The summed E-state index contributed by atoms with van der Waals surface area (Å²) in [5.74, 6) is 0.940. The maximum atomic E-state index is 5.97. The molecule has 2 aliphatic rings. The van der Waals surface area contributed by atoms with E-state index in [1.807, 2.05) is 12.1 Å². The molecule has 1 spiro atoms. The minimum absolute atomic E-state index is 0.0416. The van der Waals surface area contributed by atoms with Crippen molar-refractivity contribution in [2.75, 3.05) is 31.7 Å². The molecule has 0 aliphatic carbocycles. The molecule has 116 valence electrons. The van der Waals surface area contributed by atoms with Crippen molar-refractivity contribution in [2.24, 2.45) is 0 Å². The van der Waals surface area contributed by atoms with Crippen molar-refractivity contribution in [1.29, 1.82) is 0 Å². The van der Waals surface area contributed by atoms with Gasteiger partial charge in [-0.05, 0) is 43.5 Å². The lowest BCUT2D eigenvalue weighted by Gasteiger charge is -2.37. The Balaban J connectivity index is 1.55. The van der Waals surface area contributed by atoms with Gasteiger partial charge in [0.15, 0.2) is 0 Å². The van der Waals surface area contributed by atoms with E-state index in [1.165, 1.54) is 0 Å². The first kappa shape index (κ1) is 14.7. The lowest BCUT2D eigenvalue weighted by atomic mass is 9.89. The molecule has 2 heterocycles. The predicted octanol–water partition coefficient (Wildman–Crippen LogP) is 3.23. The summed E-state index contributed by atoms with van der Waals surface area (Å²) in [7, 11) is 0. The van der Waals surface area contributed by atoms with Gasteiger partial charge in [0.05, 0.1) is 18.8 Å². The van der Waals surface area contributed by atoms with Crippen LogP contribution in [0.5, 0.6) is 5.75 Å². The lowest BCUT2D eigenvalue weighted by molar-refractivity contribution is -0.0828. The van der Waals surface area contributed by atoms with Crippen molar-refractivity contribution in [1.82, 2.24) is 0 Å². The quantitative estimate of drug-likeness (QED) is 0.904. The summed E-state index contributed by atoms with van der Waals surface area (Å²) in [5, 5.41) is 3.62. The Bertz CT molecular complexity index is 440. The monoisotopic (exact) mass is 291 g/mol. The molecule has 1 N–H and O–H groups in total. The van der Waals surface area contributed by atoms with Gasteiger partial charge < -0.3 is 19.5 Å². The third-order valence-corrected chi connectivity index (χ3v) is 4.26. The Morgan fingerprint density at radius 3 is 2.86 bits per heavy atom. The molecule has 2 aliphatic heterocycles. The van der Waals surface area contributed by atoms with Crippen molar-refractivity contribution < 1.29 is 14.2 Å². The molecule has 1 aromatic rings. The molecule has 0 aromatic heterocycles. The predicted molar refractivity (Wildman–Crippen MR) is 83.0 cm³/mol. The Morgan fingerprint density at radius 2 is 2.14 bits per heavy atom. The van der Waals surface area contributed by atoms with Crippen LogP contribution in [0.15, 0.2) is 24.3 Å². The molecule has 0 saturated carbocycles. The van der Waals surface area contributed by atoms with Crippen LogP contribution in [0.1, 0.15) is 32.6 Å². The maximum Gasteiger partial charge on any atom is 0.119 e. The molecule has 4 nitrogen and oxygen atoms in total. The van der Waals surface area contributed by atoms with Crippen LogP contribution >= 0.6 is 0 Å². The third-order valence-electron chi connectivity index (χ3n) is 4.26. The zero-order valence-electron chi connectivity index (χ0n) is 12.8. The van der Waals surface area contributed by atoms with Crippen LogP contribution in [-0.2, 0) is 9.47 Å². The van der Waals surface area contributed by atoms with Gasteiger partial charge in [-0.1, -0.05) is 6.92 Å². The molecular formula is C17H25NO3. The van der Waals surface area contributed by atoms with Crippen LogP contribution in [0, 0.1) is 0 Å². The van der Waals surface area contributed by atoms with Gasteiger partial charge >= 0.3 is 0 Å². The topological polar surface area (TPSA) is 39.7 Å². The van der Waals surface area contributed by atoms with E-state index in [4.69, 9.17) is 14.2 Å². The van der Waals surface area contributed by atoms with E-state index >= 15 is 0 Å². The standard InChI is InChI=1S/C17H25NO3/c1-2-9-20-16-5-3-14(4-6-16)18-15-7-10-21-17(12-15)8-11-19-13-17/h3-6,15,18H,2,7-13H2,1H3. The number of anilines is 1. The highest BCUT2D eigenvalue weighted by Crippen LogP contribution is 2.34. The van der Waals surface area contributed by atoms with Crippen LogP contribution < -0.4 is 10.1 Å². The summed E-state index contributed by atoms with van der Waals surface area (Å²) in [4.78, 5) is 0. The largest absolute Gasteiger partial charge is 0.494 e. The van der Waals surface area contributed by atoms with E-state index < -0.39 is 0 Å². The first-order valence-corrected chi connectivity index (χ1v) is 8.01. The smallest absolute Gasteiger partial charge is 0.119 e. The van der Waals surface area contributed by atoms with Gasteiger partial charge in [-0.3, -0.25) is 0 Å². The van der Waals surface area contributed by atoms with E-state index in [0.717, 1.165) is 63.5 Å². The summed E-state index contributed by atoms with van der Waals surface area (Å²) in [6.07, 6.45) is 4.14. The van der Waals surface area contributed by atoms with Gasteiger partial charge in [-0.2, -0.15) is 0 Å². The molecule has 4 heteroatoms. The fourth-order valence-electron chi connectivity index (χ4n) is 3.12. The molecule has 3 rings (SSSR count). The maximum absolute atomic E-state index is 5.97. The molecule has 2 saturated heterocycles. The van der Waals surface area contributed by atoms with Crippen LogP contribution in [0.4, 0.5) is 5.69 Å². The van der Waals surface area contributed by atoms with E-state index in [1.54, 1.807) is 0 Å². The minimum Gasteiger partial charge on any atom is -0.494 e. The number of nitrogens with one attached hydrogen (secondary N) is 1. The van der Waals surface area contributed by atoms with Crippen molar-refractivity contribution in [3.63, 3.8) is 0 Å². The van der Waals surface area contributed by atoms with Crippen molar-refractivity contribution >= 4 is 5.69 Å². The van der Waals surface area contributed by atoms with Gasteiger partial charge in [0.1, 0.15) is 5.75 Å². The highest BCUT2D eigenvalue weighted by molar-refractivity contribution is 5.47. The van der Waals surface area contributed by atoms with Gasteiger partial charge in [-0.25, -0.2) is 0 Å². The van der Waals surface area contributed by atoms with Gasteiger partial charge in [-0.15, -0.1) is 0 Å². The van der Waals surface area contributed by atoms with Gasteiger partial charge in [0.2, 0.25) is 0 Å². The second-order valence-corrected chi connectivity index (χ2v) is 6.04. The normalized spacial score (nSPS) is 28.7. The van der Waals surface area contributed by atoms with Crippen LogP contribution in [0.2, 0.25) is 0 Å². The Labute approximate surface area is 126 Å². The molecule has 1 aromatic carbocycles. The van der Waals surface area contributed by atoms with Crippen LogP contribution in [0.3, 0.4) is 0 Å². The number of hydrogen-bond acceptors (Lipinski definition) is 4. The van der Waals surface area contributed by atoms with Crippen molar-refractivity contribution in [3.8, 4) is 5.75 Å². The Morgan fingerprint density at radius 1 is 1.29 bits per heavy atom. The average molecular weight is 291 g/mol. The first-order chi connectivity index (χ1) is 10.3. The highest BCUT2D eigenvalue weighted by Gasteiger charge is 2.40. The van der Waals surface area contributed by atoms with E-state index in [2.05, 4.69) is 24.4 Å². The van der Waals surface area contributed by atoms with Gasteiger partial charge in [0.25, 0.3) is 0 Å². The zero-order valence-corrected chi connectivity index (χ0v) is 12.8. The van der Waals surface area contributed by atoms with Crippen LogP contribution in [-0.4, -0.2) is 38.1 Å². The molecule has 2 atom stereocenters. The third kappa shape index (κ3) is 3.69. The lowest BCUT2D eigenvalue weighted by Crippen LogP contribution is -2.44. The number of rotatable bonds is 5. The molecule has 0 bridgehead atoms. The number of ether oxygens (including phenoxy) is 3. The molecule has 0 amide bonds. The highest BCUT2D eigenvalue weighted by atomic mass is 16.6. The van der Waals surface area contributed by atoms with Gasteiger partial charge in [0, 0.05) is 31.4 Å². The van der Waals surface area contributed by atoms with Crippen molar-refractivity contribution in [2.45, 2.75) is 44.2 Å². The Hall–Kier alpha value is -1.26.